The standard InChI is InChI=1S/C25H24BrN3O2/c26-21-12-13-23-22(15-21)28-25(27)29(23)16-20-4-2-1-3-19(20)11-9-17-5-7-18(8-6-17)10-14-24(30)31/h1-8,12-13,15H,9-11,14,16H2,(H2,27,28)(H,30,31). The molecule has 31 heavy (non-hydrogen) atoms. The quantitative estimate of drug-likeness (QED) is 0.363. The number of benzene rings is 3. The molecule has 0 bridgehead atoms. The molecule has 0 saturated carbocycles. The minimum absolute atomic E-state index is 0.162. The van der Waals surface area contributed by atoms with E-state index in [9.17, 15) is 4.79 Å². The van der Waals surface area contributed by atoms with E-state index in [1.807, 2.05) is 30.3 Å². The van der Waals surface area contributed by atoms with E-state index in [0.29, 0.717) is 18.9 Å². The summed E-state index contributed by atoms with van der Waals surface area (Å²) in [6, 6.07) is 22.7. The molecule has 4 rings (SSSR count). The Hall–Kier alpha value is -3.12. The molecule has 0 radical (unpaired) electrons. The van der Waals surface area contributed by atoms with Gasteiger partial charge in [-0.25, -0.2) is 4.98 Å². The molecular formula is C25H24BrN3O2. The predicted molar refractivity (Wildman–Crippen MR) is 127 cm³/mol. The van der Waals surface area contributed by atoms with Gasteiger partial charge in [0.15, 0.2) is 0 Å². The molecule has 0 atom stereocenters. The molecule has 0 unspecified atom stereocenters. The number of aromatic nitrogens is 2. The fourth-order valence-corrected chi connectivity index (χ4v) is 4.17. The first-order valence-corrected chi connectivity index (χ1v) is 11.1. The number of halogens is 1. The lowest BCUT2D eigenvalue weighted by molar-refractivity contribution is -0.136. The summed E-state index contributed by atoms with van der Waals surface area (Å²) >= 11 is 3.49. The second-order valence-corrected chi connectivity index (χ2v) is 8.58. The Balaban J connectivity index is 1.48. The van der Waals surface area contributed by atoms with Crippen LogP contribution >= 0.6 is 15.9 Å². The summed E-state index contributed by atoms with van der Waals surface area (Å²) in [7, 11) is 0. The van der Waals surface area contributed by atoms with Gasteiger partial charge in [-0.2, -0.15) is 0 Å². The van der Waals surface area contributed by atoms with Crippen LogP contribution in [0.1, 0.15) is 28.7 Å². The summed E-state index contributed by atoms with van der Waals surface area (Å²) in [5.74, 6) is -0.250. The number of nitrogen functional groups attached to an aromatic ring is 1. The number of carboxylic acid groups (broad SMARTS) is 1. The van der Waals surface area contributed by atoms with E-state index in [4.69, 9.17) is 10.8 Å². The molecular weight excluding hydrogens is 454 g/mol. The van der Waals surface area contributed by atoms with Gasteiger partial charge in [0.05, 0.1) is 17.6 Å². The topological polar surface area (TPSA) is 81.1 Å². The van der Waals surface area contributed by atoms with Crippen LogP contribution < -0.4 is 5.73 Å². The highest BCUT2D eigenvalue weighted by atomic mass is 79.9. The van der Waals surface area contributed by atoms with Crippen LogP contribution in [0.25, 0.3) is 11.0 Å². The number of fused-ring (bicyclic) bond motifs is 1. The summed E-state index contributed by atoms with van der Waals surface area (Å²) in [5.41, 5.74) is 12.9. The van der Waals surface area contributed by atoms with Crippen molar-refractivity contribution in [2.24, 2.45) is 0 Å². The Morgan fingerprint density at radius 3 is 2.32 bits per heavy atom. The van der Waals surface area contributed by atoms with Gasteiger partial charge in [0, 0.05) is 10.9 Å². The molecule has 0 aliphatic carbocycles. The molecule has 1 heterocycles. The molecule has 4 aromatic rings. The average Bonchev–Trinajstić information content (AvgIpc) is 3.06. The molecule has 5 nitrogen and oxygen atoms in total. The van der Waals surface area contributed by atoms with Gasteiger partial charge in [0.25, 0.3) is 0 Å². The molecule has 158 valence electrons. The van der Waals surface area contributed by atoms with Crippen LogP contribution in [0.2, 0.25) is 0 Å². The van der Waals surface area contributed by atoms with Crippen molar-refractivity contribution in [1.29, 1.82) is 0 Å². The summed E-state index contributed by atoms with van der Waals surface area (Å²) in [6.07, 6.45) is 2.57. The molecule has 0 spiro atoms. The van der Waals surface area contributed by atoms with Crippen molar-refractivity contribution in [2.75, 3.05) is 5.73 Å². The molecule has 0 aliphatic rings. The largest absolute Gasteiger partial charge is 0.481 e. The first-order chi connectivity index (χ1) is 15.0. The minimum Gasteiger partial charge on any atom is -0.481 e. The number of hydrogen-bond donors (Lipinski definition) is 2. The van der Waals surface area contributed by atoms with Gasteiger partial charge >= 0.3 is 5.97 Å². The van der Waals surface area contributed by atoms with Crippen molar-refractivity contribution in [3.63, 3.8) is 0 Å². The van der Waals surface area contributed by atoms with Crippen LogP contribution in [0.15, 0.2) is 71.2 Å². The number of rotatable bonds is 8. The number of hydrogen-bond acceptors (Lipinski definition) is 3. The van der Waals surface area contributed by atoms with Crippen molar-refractivity contribution in [3.05, 3.63) is 93.5 Å². The molecule has 0 aliphatic heterocycles. The Kier molecular flexibility index (Phi) is 6.37. The number of anilines is 1. The van der Waals surface area contributed by atoms with Gasteiger partial charge in [-0.3, -0.25) is 4.79 Å². The number of aryl methyl sites for hydroxylation is 3. The second-order valence-electron chi connectivity index (χ2n) is 7.67. The third-order valence-corrected chi connectivity index (χ3v) is 6.01. The van der Waals surface area contributed by atoms with E-state index >= 15 is 0 Å². The van der Waals surface area contributed by atoms with E-state index < -0.39 is 5.97 Å². The zero-order chi connectivity index (χ0) is 21.8. The van der Waals surface area contributed by atoms with Crippen LogP contribution in [-0.4, -0.2) is 20.6 Å². The zero-order valence-electron chi connectivity index (χ0n) is 17.1. The van der Waals surface area contributed by atoms with E-state index in [-0.39, 0.29) is 6.42 Å². The first-order valence-electron chi connectivity index (χ1n) is 10.3. The molecule has 1 aromatic heterocycles. The van der Waals surface area contributed by atoms with Crippen LogP contribution in [0.5, 0.6) is 0 Å². The van der Waals surface area contributed by atoms with Crippen LogP contribution in [0.3, 0.4) is 0 Å². The maximum Gasteiger partial charge on any atom is 0.303 e. The van der Waals surface area contributed by atoms with Crippen molar-refractivity contribution in [3.8, 4) is 0 Å². The van der Waals surface area contributed by atoms with E-state index in [1.165, 1.54) is 16.7 Å². The lowest BCUT2D eigenvalue weighted by Crippen LogP contribution is -2.07. The Morgan fingerprint density at radius 2 is 1.61 bits per heavy atom. The fourth-order valence-electron chi connectivity index (χ4n) is 3.82. The fraction of sp³-hybridized carbons (Fsp3) is 0.200. The SMILES string of the molecule is Nc1nc2cc(Br)ccc2n1Cc1ccccc1CCc1ccc(CCC(=O)O)cc1. The van der Waals surface area contributed by atoms with E-state index in [0.717, 1.165) is 33.9 Å². The maximum atomic E-state index is 10.7. The predicted octanol–water partition coefficient (Wildman–Crippen LogP) is 5.23. The molecule has 3 aromatic carbocycles. The van der Waals surface area contributed by atoms with E-state index in [2.05, 4.69) is 61.9 Å². The zero-order valence-corrected chi connectivity index (χ0v) is 18.7. The number of aliphatic carboxylic acids is 1. The van der Waals surface area contributed by atoms with Crippen LogP contribution in [-0.2, 0) is 30.6 Å². The maximum absolute atomic E-state index is 10.7. The van der Waals surface area contributed by atoms with Gasteiger partial charge in [-0.15, -0.1) is 0 Å². The normalized spacial score (nSPS) is 11.1. The first kappa shape index (κ1) is 21.1. The Labute approximate surface area is 189 Å². The second kappa shape index (κ2) is 9.35. The summed E-state index contributed by atoms with van der Waals surface area (Å²) in [6.45, 7) is 0.675. The van der Waals surface area contributed by atoms with Crippen molar-refractivity contribution < 1.29 is 9.90 Å². The van der Waals surface area contributed by atoms with Crippen molar-refractivity contribution in [1.82, 2.24) is 9.55 Å². The minimum atomic E-state index is -0.764. The molecule has 3 N–H and O–H groups in total. The van der Waals surface area contributed by atoms with Crippen molar-refractivity contribution in [2.45, 2.75) is 32.2 Å². The molecule has 6 heteroatoms. The average molecular weight is 478 g/mol. The van der Waals surface area contributed by atoms with Gasteiger partial charge in [0.1, 0.15) is 0 Å². The monoisotopic (exact) mass is 477 g/mol. The highest BCUT2D eigenvalue weighted by molar-refractivity contribution is 9.10. The Bertz CT molecular complexity index is 1220. The summed E-state index contributed by atoms with van der Waals surface area (Å²) < 4.78 is 3.04. The number of imidazole rings is 1. The van der Waals surface area contributed by atoms with Gasteiger partial charge in [-0.1, -0.05) is 64.5 Å². The third-order valence-electron chi connectivity index (χ3n) is 5.52. The smallest absolute Gasteiger partial charge is 0.303 e. The highest BCUT2D eigenvalue weighted by Crippen LogP contribution is 2.24. The Morgan fingerprint density at radius 1 is 0.935 bits per heavy atom. The summed E-state index contributed by atoms with van der Waals surface area (Å²) in [4.78, 5) is 15.2. The van der Waals surface area contributed by atoms with Gasteiger partial charge in [0.2, 0.25) is 5.95 Å². The van der Waals surface area contributed by atoms with Gasteiger partial charge in [-0.05, 0) is 59.7 Å². The van der Waals surface area contributed by atoms with Gasteiger partial charge < -0.3 is 15.4 Å². The number of carbonyl (C=O) groups is 1. The number of nitrogens with two attached hydrogens (primary N) is 1. The molecule has 0 saturated heterocycles. The molecule has 0 amide bonds. The third kappa shape index (κ3) is 5.14. The van der Waals surface area contributed by atoms with Crippen molar-refractivity contribution >= 4 is 38.9 Å². The summed E-state index contributed by atoms with van der Waals surface area (Å²) in [5, 5.41) is 8.83. The highest BCUT2D eigenvalue weighted by Gasteiger charge is 2.11. The number of carboxylic acids is 1. The van der Waals surface area contributed by atoms with E-state index in [1.54, 1.807) is 0 Å². The van der Waals surface area contributed by atoms with Crippen LogP contribution in [0, 0.1) is 0 Å². The number of nitrogens with zero attached hydrogens (tertiary/aromatic N) is 2. The lowest BCUT2D eigenvalue weighted by atomic mass is 9.98. The lowest BCUT2D eigenvalue weighted by Gasteiger charge is -2.12. The van der Waals surface area contributed by atoms with Crippen LogP contribution in [0.4, 0.5) is 5.95 Å². The molecule has 0 fully saturated rings.